The van der Waals surface area contributed by atoms with Crippen molar-refractivity contribution in [3.63, 3.8) is 0 Å². The maximum absolute atomic E-state index is 5.40. The molecule has 2 aromatic rings. The topological polar surface area (TPSA) is 79.6 Å². The van der Waals surface area contributed by atoms with Gasteiger partial charge in [0.1, 0.15) is 17.9 Å². The summed E-state index contributed by atoms with van der Waals surface area (Å²) in [6.45, 7) is 7.57. The molecule has 0 fully saturated rings. The minimum absolute atomic E-state index is 0. The van der Waals surface area contributed by atoms with Crippen LogP contribution in [0.15, 0.2) is 35.6 Å². The molecule has 0 saturated heterocycles. The molecule has 1 atom stereocenters. The van der Waals surface area contributed by atoms with Gasteiger partial charge in [0.2, 0.25) is 0 Å². The molecule has 1 aromatic heterocycles. The Morgan fingerprint density at radius 1 is 1.29 bits per heavy atom. The first-order valence-electron chi connectivity index (χ1n) is 9.28. The molecule has 0 aliphatic heterocycles. The fourth-order valence-corrected chi connectivity index (χ4v) is 3.03. The normalized spacial score (nSPS) is 12.4. The number of hydrogen-bond donors (Lipinski definition) is 2. The summed E-state index contributed by atoms with van der Waals surface area (Å²) in [5.74, 6) is 2.46. The average Bonchev–Trinajstić information content (AvgIpc) is 3.12. The molecule has 28 heavy (non-hydrogen) atoms. The zero-order chi connectivity index (χ0) is 19.6. The van der Waals surface area contributed by atoms with Gasteiger partial charge in [0, 0.05) is 20.6 Å². The molecule has 1 aromatic carbocycles. The lowest BCUT2D eigenvalue weighted by atomic mass is 10.0. The summed E-state index contributed by atoms with van der Waals surface area (Å²) in [5.41, 5.74) is 1.22. The second kappa shape index (κ2) is 12.6. The van der Waals surface area contributed by atoms with E-state index in [1.54, 1.807) is 25.2 Å². The number of guanidine groups is 1. The van der Waals surface area contributed by atoms with Crippen LogP contribution in [0.5, 0.6) is 5.75 Å². The molecule has 0 aliphatic carbocycles. The van der Waals surface area contributed by atoms with Gasteiger partial charge in [-0.25, -0.2) is 4.98 Å². The zero-order valence-electron chi connectivity index (χ0n) is 17.3. The van der Waals surface area contributed by atoms with Gasteiger partial charge >= 0.3 is 0 Å². The number of hydrogen-bond acceptors (Lipinski definition) is 5. The Balaban J connectivity index is 0.00000392. The van der Waals surface area contributed by atoms with Crippen molar-refractivity contribution in [2.45, 2.75) is 26.4 Å². The van der Waals surface area contributed by atoms with Crippen molar-refractivity contribution in [1.82, 2.24) is 30.3 Å². The van der Waals surface area contributed by atoms with Gasteiger partial charge in [-0.2, -0.15) is 5.10 Å². The zero-order valence-corrected chi connectivity index (χ0v) is 19.7. The number of likely N-dealkylation sites (N-methyl/N-ethyl adjacent to an activating group) is 1. The smallest absolute Gasteiger partial charge is 0.191 e. The summed E-state index contributed by atoms with van der Waals surface area (Å²) >= 11 is 0. The van der Waals surface area contributed by atoms with Crippen LogP contribution in [-0.4, -0.2) is 59.4 Å². The number of aromatic nitrogens is 3. The Morgan fingerprint density at radius 3 is 2.61 bits per heavy atom. The number of halogens is 1. The predicted octanol–water partition coefficient (Wildman–Crippen LogP) is 2.19. The molecule has 0 radical (unpaired) electrons. The number of aryl methyl sites for hydroxylation is 1. The SMILES string of the molecule is CCN(CC)C(CNC(=NC)NCc1ncnn1C)c1cccc(OC)c1.I. The van der Waals surface area contributed by atoms with Gasteiger partial charge in [0.15, 0.2) is 5.96 Å². The van der Waals surface area contributed by atoms with Crippen LogP contribution in [0.3, 0.4) is 0 Å². The monoisotopic (exact) mass is 501 g/mol. The Bertz CT molecular complexity index is 731. The largest absolute Gasteiger partial charge is 0.497 e. The first-order valence-corrected chi connectivity index (χ1v) is 9.28. The molecular weight excluding hydrogens is 469 g/mol. The molecule has 9 heteroatoms. The lowest BCUT2D eigenvalue weighted by Crippen LogP contribution is -2.43. The maximum Gasteiger partial charge on any atom is 0.191 e. The van der Waals surface area contributed by atoms with E-state index < -0.39 is 0 Å². The van der Waals surface area contributed by atoms with Gasteiger partial charge in [0.05, 0.1) is 19.7 Å². The number of methoxy groups -OCH3 is 1. The molecular formula is C19H32IN7O. The Kier molecular flexibility index (Phi) is 10.8. The third-order valence-electron chi connectivity index (χ3n) is 4.64. The molecule has 0 aliphatic rings. The summed E-state index contributed by atoms with van der Waals surface area (Å²) in [5, 5.41) is 10.8. The molecule has 0 spiro atoms. The second-order valence-electron chi connectivity index (χ2n) is 6.12. The Labute approximate surface area is 184 Å². The number of nitrogens with one attached hydrogen (secondary N) is 2. The van der Waals surface area contributed by atoms with Gasteiger partial charge in [-0.3, -0.25) is 14.6 Å². The molecule has 0 amide bonds. The number of aliphatic imine (C=N–C) groups is 1. The molecule has 1 unspecified atom stereocenters. The molecule has 8 nitrogen and oxygen atoms in total. The minimum atomic E-state index is 0. The van der Waals surface area contributed by atoms with E-state index in [1.165, 1.54) is 5.56 Å². The van der Waals surface area contributed by atoms with E-state index in [9.17, 15) is 0 Å². The van der Waals surface area contributed by atoms with E-state index in [-0.39, 0.29) is 30.0 Å². The van der Waals surface area contributed by atoms with Crippen molar-refractivity contribution in [2.24, 2.45) is 12.0 Å². The summed E-state index contributed by atoms with van der Waals surface area (Å²) in [6, 6.07) is 8.45. The number of nitrogens with zero attached hydrogens (tertiary/aromatic N) is 5. The van der Waals surface area contributed by atoms with Crippen molar-refractivity contribution in [3.05, 3.63) is 42.0 Å². The van der Waals surface area contributed by atoms with Gasteiger partial charge in [0.25, 0.3) is 0 Å². The van der Waals surface area contributed by atoms with Gasteiger partial charge in [-0.15, -0.1) is 24.0 Å². The summed E-state index contributed by atoms with van der Waals surface area (Å²) in [7, 11) is 5.34. The second-order valence-corrected chi connectivity index (χ2v) is 6.12. The van der Waals surface area contributed by atoms with Crippen molar-refractivity contribution < 1.29 is 4.74 Å². The van der Waals surface area contributed by atoms with Crippen LogP contribution in [0.2, 0.25) is 0 Å². The summed E-state index contributed by atoms with van der Waals surface area (Å²) in [4.78, 5) is 11.0. The lowest BCUT2D eigenvalue weighted by Gasteiger charge is -2.31. The number of benzene rings is 1. The van der Waals surface area contributed by atoms with Crippen LogP contribution in [0.1, 0.15) is 31.3 Å². The summed E-state index contributed by atoms with van der Waals surface area (Å²) in [6.07, 6.45) is 1.55. The standard InChI is InChI=1S/C19H31N7O.HI/c1-6-26(7-2)17(15-9-8-10-16(11-15)27-5)12-21-19(20-3)22-13-18-23-14-24-25(18)4;/h8-11,14,17H,6-7,12-13H2,1-5H3,(H2,20,21,22);1H. The quantitative estimate of drug-likeness (QED) is 0.312. The molecule has 2 rings (SSSR count). The fraction of sp³-hybridized carbons (Fsp3) is 0.526. The minimum Gasteiger partial charge on any atom is -0.497 e. The highest BCUT2D eigenvalue weighted by atomic mass is 127. The highest BCUT2D eigenvalue weighted by Gasteiger charge is 2.19. The highest BCUT2D eigenvalue weighted by Crippen LogP contribution is 2.23. The van der Waals surface area contributed by atoms with Gasteiger partial charge in [-0.05, 0) is 30.8 Å². The fourth-order valence-electron chi connectivity index (χ4n) is 3.03. The molecule has 0 bridgehead atoms. The van der Waals surface area contributed by atoms with Crippen molar-refractivity contribution in [2.75, 3.05) is 33.8 Å². The maximum atomic E-state index is 5.40. The highest BCUT2D eigenvalue weighted by molar-refractivity contribution is 14.0. The van der Waals surface area contributed by atoms with E-state index >= 15 is 0 Å². The molecule has 1 heterocycles. The van der Waals surface area contributed by atoms with Crippen molar-refractivity contribution >= 4 is 29.9 Å². The van der Waals surface area contributed by atoms with Gasteiger partial charge in [-0.1, -0.05) is 26.0 Å². The number of ether oxygens (including phenoxy) is 1. The summed E-state index contributed by atoms with van der Waals surface area (Å²) < 4.78 is 7.14. The molecule has 2 N–H and O–H groups in total. The average molecular weight is 501 g/mol. The van der Waals surface area contributed by atoms with Crippen molar-refractivity contribution in [1.29, 1.82) is 0 Å². The van der Waals surface area contributed by atoms with Crippen molar-refractivity contribution in [3.8, 4) is 5.75 Å². The third kappa shape index (κ3) is 6.62. The first kappa shape index (κ1) is 24.2. The Hall–Kier alpha value is -1.88. The van der Waals surface area contributed by atoms with E-state index in [0.29, 0.717) is 6.54 Å². The lowest BCUT2D eigenvalue weighted by molar-refractivity contribution is 0.218. The first-order chi connectivity index (χ1) is 13.1. The van der Waals surface area contributed by atoms with Crippen LogP contribution in [0.25, 0.3) is 0 Å². The van der Waals surface area contributed by atoms with Crippen LogP contribution in [0.4, 0.5) is 0 Å². The van der Waals surface area contributed by atoms with Crippen LogP contribution >= 0.6 is 24.0 Å². The van der Waals surface area contributed by atoms with E-state index in [2.05, 4.69) is 56.6 Å². The molecule has 156 valence electrons. The molecule has 0 saturated carbocycles. The van der Waals surface area contributed by atoms with E-state index in [0.717, 1.165) is 37.2 Å². The van der Waals surface area contributed by atoms with Crippen LogP contribution in [-0.2, 0) is 13.6 Å². The third-order valence-corrected chi connectivity index (χ3v) is 4.64. The van der Waals surface area contributed by atoms with Gasteiger partial charge < -0.3 is 15.4 Å². The van der Waals surface area contributed by atoms with E-state index in [1.807, 2.05) is 19.2 Å². The Morgan fingerprint density at radius 2 is 2.04 bits per heavy atom. The van der Waals surface area contributed by atoms with Crippen LogP contribution < -0.4 is 15.4 Å². The van der Waals surface area contributed by atoms with E-state index in [4.69, 9.17) is 4.74 Å². The number of rotatable bonds is 9. The van der Waals surface area contributed by atoms with Crippen LogP contribution in [0, 0.1) is 0 Å². The predicted molar refractivity (Wildman–Crippen MR) is 123 cm³/mol.